The summed E-state index contributed by atoms with van der Waals surface area (Å²) in [4.78, 5) is 4.60. The number of ether oxygens (including phenoxy) is 2. The first-order chi connectivity index (χ1) is 11.4. The molecule has 0 aliphatic carbocycles. The molecule has 1 fully saturated rings. The van der Waals surface area contributed by atoms with E-state index in [9.17, 15) is 0 Å². The molecular formula is C17H36IN3O2S. The molecule has 7 heteroatoms. The molecule has 1 rings (SSSR count). The zero-order chi connectivity index (χ0) is 16.6. The number of thioether (sulfide) groups is 1. The highest BCUT2D eigenvalue weighted by Gasteiger charge is 2.13. The van der Waals surface area contributed by atoms with Crippen LogP contribution in [0.1, 0.15) is 39.0 Å². The third-order valence-electron chi connectivity index (χ3n) is 3.82. The molecular weight excluding hydrogens is 437 g/mol. The largest absolute Gasteiger partial charge is 0.381 e. The van der Waals surface area contributed by atoms with Crippen LogP contribution >= 0.6 is 35.7 Å². The van der Waals surface area contributed by atoms with E-state index in [1.54, 1.807) is 0 Å². The van der Waals surface area contributed by atoms with Gasteiger partial charge in [0.1, 0.15) is 0 Å². The van der Waals surface area contributed by atoms with Crippen LogP contribution in [0.25, 0.3) is 0 Å². The van der Waals surface area contributed by atoms with E-state index >= 15 is 0 Å². The number of halogens is 1. The van der Waals surface area contributed by atoms with Gasteiger partial charge in [0.25, 0.3) is 0 Å². The van der Waals surface area contributed by atoms with E-state index in [4.69, 9.17) is 9.47 Å². The lowest BCUT2D eigenvalue weighted by Gasteiger charge is -2.21. The Labute approximate surface area is 169 Å². The zero-order valence-corrected chi connectivity index (χ0v) is 18.5. The third-order valence-corrected chi connectivity index (χ3v) is 4.52. The molecule has 1 saturated heterocycles. The molecule has 0 amide bonds. The summed E-state index contributed by atoms with van der Waals surface area (Å²) in [5, 5.41) is 6.69. The summed E-state index contributed by atoms with van der Waals surface area (Å²) >= 11 is 1.91. The summed E-state index contributed by atoms with van der Waals surface area (Å²) in [6.07, 6.45) is 7.87. The van der Waals surface area contributed by atoms with Gasteiger partial charge in [-0.25, -0.2) is 0 Å². The second-order valence-electron chi connectivity index (χ2n) is 5.87. The number of nitrogens with zero attached hydrogens (tertiary/aromatic N) is 1. The van der Waals surface area contributed by atoms with Crippen LogP contribution in [0.15, 0.2) is 4.99 Å². The molecule has 5 nitrogen and oxygen atoms in total. The average Bonchev–Trinajstić information content (AvgIpc) is 2.58. The number of nitrogens with one attached hydrogen (secondary N) is 2. The molecule has 0 bridgehead atoms. The fourth-order valence-electron chi connectivity index (χ4n) is 2.44. The van der Waals surface area contributed by atoms with Gasteiger partial charge in [0.15, 0.2) is 5.96 Å². The highest BCUT2D eigenvalue weighted by atomic mass is 127. The highest BCUT2D eigenvalue weighted by molar-refractivity contribution is 14.0. The van der Waals surface area contributed by atoms with Crippen molar-refractivity contribution in [2.24, 2.45) is 10.9 Å². The van der Waals surface area contributed by atoms with Crippen molar-refractivity contribution in [3.63, 3.8) is 0 Å². The Bertz CT molecular complexity index is 304. The van der Waals surface area contributed by atoms with Crippen molar-refractivity contribution < 1.29 is 9.47 Å². The summed E-state index contributed by atoms with van der Waals surface area (Å²) in [6.45, 7) is 8.27. The van der Waals surface area contributed by atoms with Gasteiger partial charge < -0.3 is 20.1 Å². The quantitative estimate of drug-likeness (QED) is 0.198. The van der Waals surface area contributed by atoms with Gasteiger partial charge in [-0.2, -0.15) is 11.8 Å². The van der Waals surface area contributed by atoms with Gasteiger partial charge in [-0.3, -0.25) is 4.99 Å². The molecule has 0 aromatic heterocycles. The average molecular weight is 473 g/mol. The van der Waals surface area contributed by atoms with Crippen LogP contribution in [0.5, 0.6) is 0 Å². The SMILES string of the molecule is CCNC(=NCCCOCC1CCOCC1)NCCCCSC.I. The maximum atomic E-state index is 5.77. The minimum Gasteiger partial charge on any atom is -0.381 e. The third kappa shape index (κ3) is 13.5. The summed E-state index contributed by atoms with van der Waals surface area (Å²) in [5.41, 5.74) is 0. The molecule has 0 atom stereocenters. The van der Waals surface area contributed by atoms with Gasteiger partial charge in [-0.1, -0.05) is 0 Å². The monoisotopic (exact) mass is 473 g/mol. The molecule has 0 radical (unpaired) electrons. The summed E-state index contributed by atoms with van der Waals surface area (Å²) < 4.78 is 11.1. The zero-order valence-electron chi connectivity index (χ0n) is 15.3. The van der Waals surface area contributed by atoms with Gasteiger partial charge in [0.2, 0.25) is 0 Å². The van der Waals surface area contributed by atoms with E-state index in [0.29, 0.717) is 5.92 Å². The topological polar surface area (TPSA) is 54.9 Å². The standard InChI is InChI=1S/C17H35N3O2S.HI/c1-3-18-17(19-9-4-5-14-23-2)20-10-6-11-22-15-16-7-12-21-13-8-16;/h16H,3-15H2,1-2H3,(H2,18,19,20);1H. The lowest BCUT2D eigenvalue weighted by Crippen LogP contribution is -2.38. The van der Waals surface area contributed by atoms with E-state index in [0.717, 1.165) is 71.3 Å². The number of aliphatic imine (C=N–C) groups is 1. The maximum absolute atomic E-state index is 5.77. The van der Waals surface area contributed by atoms with Crippen molar-refractivity contribution in [1.29, 1.82) is 0 Å². The molecule has 1 aliphatic heterocycles. The van der Waals surface area contributed by atoms with E-state index in [2.05, 4.69) is 28.8 Å². The Morgan fingerprint density at radius 3 is 2.71 bits per heavy atom. The Balaban J connectivity index is 0.00000529. The van der Waals surface area contributed by atoms with Crippen molar-refractivity contribution in [3.8, 4) is 0 Å². The number of hydrogen-bond donors (Lipinski definition) is 2. The lowest BCUT2D eigenvalue weighted by atomic mass is 10.0. The number of guanidine groups is 1. The van der Waals surface area contributed by atoms with Crippen LogP contribution in [0, 0.1) is 5.92 Å². The Hall–Kier alpha value is 0.270. The minimum absolute atomic E-state index is 0. The maximum Gasteiger partial charge on any atom is 0.191 e. The Kier molecular flexibility index (Phi) is 18.3. The smallest absolute Gasteiger partial charge is 0.191 e. The lowest BCUT2D eigenvalue weighted by molar-refractivity contribution is 0.0205. The van der Waals surface area contributed by atoms with E-state index in [-0.39, 0.29) is 24.0 Å². The molecule has 0 aromatic rings. The van der Waals surface area contributed by atoms with Gasteiger partial charge in [0, 0.05) is 46.1 Å². The molecule has 1 heterocycles. The Morgan fingerprint density at radius 1 is 1.21 bits per heavy atom. The van der Waals surface area contributed by atoms with Crippen LogP contribution in [-0.4, -0.2) is 64.0 Å². The van der Waals surface area contributed by atoms with Gasteiger partial charge in [-0.05, 0) is 57.0 Å². The van der Waals surface area contributed by atoms with Gasteiger partial charge in [0.05, 0.1) is 0 Å². The number of hydrogen-bond acceptors (Lipinski definition) is 4. The van der Waals surface area contributed by atoms with Crippen molar-refractivity contribution in [2.75, 3.05) is 58.1 Å². The van der Waals surface area contributed by atoms with Crippen molar-refractivity contribution in [2.45, 2.75) is 39.0 Å². The molecule has 0 saturated carbocycles. The molecule has 0 aromatic carbocycles. The Morgan fingerprint density at radius 2 is 2.00 bits per heavy atom. The van der Waals surface area contributed by atoms with E-state index in [1.165, 1.54) is 18.6 Å². The fraction of sp³-hybridized carbons (Fsp3) is 0.941. The molecule has 0 unspecified atom stereocenters. The second-order valence-corrected chi connectivity index (χ2v) is 6.86. The van der Waals surface area contributed by atoms with Crippen LogP contribution < -0.4 is 10.6 Å². The van der Waals surface area contributed by atoms with Crippen LogP contribution in [0.4, 0.5) is 0 Å². The first kappa shape index (κ1) is 24.3. The summed E-state index contributed by atoms with van der Waals surface area (Å²) in [5.74, 6) is 2.86. The second kappa shape index (κ2) is 18.1. The van der Waals surface area contributed by atoms with Crippen LogP contribution in [0.3, 0.4) is 0 Å². The predicted molar refractivity (Wildman–Crippen MR) is 116 cm³/mol. The van der Waals surface area contributed by atoms with Crippen molar-refractivity contribution >= 4 is 41.7 Å². The molecule has 144 valence electrons. The summed E-state index contributed by atoms with van der Waals surface area (Å²) in [6, 6.07) is 0. The minimum atomic E-state index is 0. The van der Waals surface area contributed by atoms with Crippen LogP contribution in [0.2, 0.25) is 0 Å². The predicted octanol–water partition coefficient (Wildman–Crippen LogP) is 3.14. The molecule has 24 heavy (non-hydrogen) atoms. The van der Waals surface area contributed by atoms with Gasteiger partial charge >= 0.3 is 0 Å². The van der Waals surface area contributed by atoms with E-state index in [1.807, 2.05) is 11.8 Å². The first-order valence-corrected chi connectivity index (χ1v) is 10.4. The molecule has 2 N–H and O–H groups in total. The number of rotatable bonds is 12. The fourth-order valence-corrected chi connectivity index (χ4v) is 2.93. The molecule has 0 spiro atoms. The normalized spacial score (nSPS) is 15.8. The van der Waals surface area contributed by atoms with E-state index < -0.39 is 0 Å². The first-order valence-electron chi connectivity index (χ1n) is 9.03. The van der Waals surface area contributed by atoms with Gasteiger partial charge in [-0.15, -0.1) is 24.0 Å². The van der Waals surface area contributed by atoms with Crippen molar-refractivity contribution in [3.05, 3.63) is 0 Å². The molecule has 1 aliphatic rings. The summed E-state index contributed by atoms with van der Waals surface area (Å²) in [7, 11) is 0. The van der Waals surface area contributed by atoms with Crippen molar-refractivity contribution in [1.82, 2.24) is 10.6 Å². The highest BCUT2D eigenvalue weighted by Crippen LogP contribution is 2.14. The number of unbranched alkanes of at least 4 members (excludes halogenated alkanes) is 1. The van der Waals surface area contributed by atoms with Crippen LogP contribution in [-0.2, 0) is 9.47 Å².